The number of hydrogen-bond donors (Lipinski definition) is 2. The van der Waals surface area contributed by atoms with E-state index in [1.807, 2.05) is 12.3 Å². The molecule has 0 aliphatic heterocycles. The van der Waals surface area contributed by atoms with Gasteiger partial charge in [0.1, 0.15) is 0 Å². The monoisotopic (exact) mass is 291 g/mol. The average molecular weight is 291 g/mol. The second kappa shape index (κ2) is 7.83. The summed E-state index contributed by atoms with van der Waals surface area (Å²) in [4.78, 5) is 4.29. The van der Waals surface area contributed by atoms with E-state index in [0.717, 1.165) is 23.7 Å². The molecule has 18 heavy (non-hydrogen) atoms. The second-order valence-corrected chi connectivity index (χ2v) is 7.06. The smallest absolute Gasteiger partial charge is 0.212 e. The first-order valence-corrected chi connectivity index (χ1v) is 8.66. The lowest BCUT2D eigenvalue weighted by Gasteiger charge is -2.06. The number of rotatable bonds is 9. The van der Waals surface area contributed by atoms with Gasteiger partial charge in [0.25, 0.3) is 0 Å². The molecule has 0 aromatic carbocycles. The van der Waals surface area contributed by atoms with E-state index in [1.165, 1.54) is 0 Å². The number of thiazole rings is 1. The van der Waals surface area contributed by atoms with Crippen molar-refractivity contribution in [3.05, 3.63) is 16.1 Å². The van der Waals surface area contributed by atoms with Crippen LogP contribution in [0.25, 0.3) is 0 Å². The molecule has 1 aromatic heterocycles. The third-order valence-corrected chi connectivity index (χ3v) is 4.55. The van der Waals surface area contributed by atoms with Crippen molar-refractivity contribution in [2.45, 2.75) is 26.7 Å². The van der Waals surface area contributed by atoms with E-state index in [-0.39, 0.29) is 5.75 Å². The van der Waals surface area contributed by atoms with Crippen LogP contribution >= 0.6 is 11.3 Å². The van der Waals surface area contributed by atoms with Gasteiger partial charge < -0.3 is 5.32 Å². The van der Waals surface area contributed by atoms with Crippen molar-refractivity contribution < 1.29 is 8.42 Å². The normalized spacial score (nSPS) is 11.9. The minimum Gasteiger partial charge on any atom is -0.316 e. The summed E-state index contributed by atoms with van der Waals surface area (Å²) in [5.41, 5.74) is 0.948. The number of aryl methyl sites for hydroxylation is 1. The molecule has 0 unspecified atom stereocenters. The molecular formula is C11H21N3O2S2. The molecule has 5 nitrogen and oxygen atoms in total. The summed E-state index contributed by atoms with van der Waals surface area (Å²) < 4.78 is 25.8. The first kappa shape index (κ1) is 15.6. The quantitative estimate of drug-likeness (QED) is 0.664. The molecule has 1 aromatic rings. The van der Waals surface area contributed by atoms with Crippen LogP contribution in [-0.4, -0.2) is 38.8 Å². The van der Waals surface area contributed by atoms with Gasteiger partial charge in [-0.25, -0.2) is 18.1 Å². The van der Waals surface area contributed by atoms with Gasteiger partial charge in [0.2, 0.25) is 10.0 Å². The van der Waals surface area contributed by atoms with E-state index < -0.39 is 10.0 Å². The molecule has 0 saturated carbocycles. The van der Waals surface area contributed by atoms with E-state index in [0.29, 0.717) is 19.5 Å². The summed E-state index contributed by atoms with van der Waals surface area (Å²) in [5, 5.41) is 6.05. The molecule has 0 aliphatic carbocycles. The fourth-order valence-corrected chi connectivity index (χ4v) is 3.06. The van der Waals surface area contributed by atoms with Crippen LogP contribution in [0.15, 0.2) is 5.38 Å². The third-order valence-electron chi connectivity index (χ3n) is 2.34. The Bertz CT molecular complexity index is 443. The highest BCUT2D eigenvalue weighted by atomic mass is 32.2. The zero-order valence-corrected chi connectivity index (χ0v) is 12.5. The van der Waals surface area contributed by atoms with Crippen LogP contribution in [0, 0.1) is 6.92 Å². The first-order valence-electron chi connectivity index (χ1n) is 6.12. The number of nitrogens with zero attached hydrogens (tertiary/aromatic N) is 1. The topological polar surface area (TPSA) is 71.1 Å². The molecular weight excluding hydrogens is 270 g/mol. The van der Waals surface area contributed by atoms with E-state index in [9.17, 15) is 8.42 Å². The average Bonchev–Trinajstić information content (AvgIpc) is 2.70. The number of sulfonamides is 1. The Kier molecular flexibility index (Phi) is 6.77. The van der Waals surface area contributed by atoms with Crippen molar-refractivity contribution in [2.24, 2.45) is 0 Å². The summed E-state index contributed by atoms with van der Waals surface area (Å²) in [5.74, 6) is 0.128. The van der Waals surface area contributed by atoms with Crippen molar-refractivity contribution in [2.75, 3.05) is 25.4 Å². The molecule has 2 N–H and O–H groups in total. The van der Waals surface area contributed by atoms with Crippen molar-refractivity contribution in [1.82, 2.24) is 15.0 Å². The SMILES string of the molecule is CCCNCCS(=O)(=O)NCCc1csc(C)n1. The van der Waals surface area contributed by atoms with Gasteiger partial charge in [-0.2, -0.15) is 0 Å². The Balaban J connectivity index is 2.20. The molecule has 0 saturated heterocycles. The van der Waals surface area contributed by atoms with E-state index in [4.69, 9.17) is 0 Å². The molecule has 1 heterocycles. The zero-order chi connectivity index (χ0) is 13.4. The van der Waals surface area contributed by atoms with Crippen molar-refractivity contribution in [1.29, 1.82) is 0 Å². The van der Waals surface area contributed by atoms with Gasteiger partial charge in [-0.1, -0.05) is 6.92 Å². The maximum atomic E-state index is 11.6. The van der Waals surface area contributed by atoms with Crippen LogP contribution in [0.2, 0.25) is 0 Å². The lowest BCUT2D eigenvalue weighted by atomic mass is 10.3. The minimum absolute atomic E-state index is 0.128. The molecule has 0 aliphatic rings. The second-order valence-electron chi connectivity index (χ2n) is 4.07. The molecule has 7 heteroatoms. The summed E-state index contributed by atoms with van der Waals surface area (Å²) in [6, 6.07) is 0. The van der Waals surface area contributed by atoms with Gasteiger partial charge >= 0.3 is 0 Å². The number of hydrogen-bond acceptors (Lipinski definition) is 5. The maximum Gasteiger partial charge on any atom is 0.212 e. The van der Waals surface area contributed by atoms with Gasteiger partial charge in [0.15, 0.2) is 0 Å². The highest BCUT2D eigenvalue weighted by Crippen LogP contribution is 2.07. The Hall–Kier alpha value is -0.500. The van der Waals surface area contributed by atoms with Gasteiger partial charge in [0, 0.05) is 24.9 Å². The Morgan fingerprint density at radius 2 is 2.11 bits per heavy atom. The molecule has 0 radical (unpaired) electrons. The van der Waals surface area contributed by atoms with Crippen molar-refractivity contribution in [3.63, 3.8) is 0 Å². The number of aromatic nitrogens is 1. The van der Waals surface area contributed by atoms with Crippen LogP contribution in [0.3, 0.4) is 0 Å². The minimum atomic E-state index is -3.16. The lowest BCUT2D eigenvalue weighted by Crippen LogP contribution is -2.33. The van der Waals surface area contributed by atoms with E-state index in [2.05, 4.69) is 21.9 Å². The Morgan fingerprint density at radius 3 is 2.72 bits per heavy atom. The fourth-order valence-electron chi connectivity index (χ4n) is 1.44. The Morgan fingerprint density at radius 1 is 1.33 bits per heavy atom. The first-order chi connectivity index (χ1) is 8.53. The lowest BCUT2D eigenvalue weighted by molar-refractivity contribution is 0.576. The van der Waals surface area contributed by atoms with Crippen LogP contribution < -0.4 is 10.0 Å². The standard InChI is InChI=1S/C11H21N3O2S2/c1-3-5-12-7-8-18(15,16)13-6-4-11-9-17-10(2)14-11/h9,12-13H,3-8H2,1-2H3. The molecule has 0 amide bonds. The predicted octanol–water partition coefficient (Wildman–Crippen LogP) is 0.913. The van der Waals surface area contributed by atoms with Crippen molar-refractivity contribution in [3.8, 4) is 0 Å². The molecule has 0 atom stereocenters. The molecule has 0 bridgehead atoms. The number of nitrogens with one attached hydrogen (secondary N) is 2. The highest BCUT2D eigenvalue weighted by Gasteiger charge is 2.09. The van der Waals surface area contributed by atoms with E-state index >= 15 is 0 Å². The fraction of sp³-hybridized carbons (Fsp3) is 0.727. The maximum absolute atomic E-state index is 11.6. The summed E-state index contributed by atoms with van der Waals surface area (Å²) in [6.45, 7) is 5.76. The van der Waals surface area contributed by atoms with Crippen LogP contribution in [0.1, 0.15) is 24.0 Å². The van der Waals surface area contributed by atoms with Crippen LogP contribution in [0.5, 0.6) is 0 Å². The molecule has 1 rings (SSSR count). The van der Waals surface area contributed by atoms with Gasteiger partial charge in [0.05, 0.1) is 16.5 Å². The van der Waals surface area contributed by atoms with Gasteiger partial charge in [-0.3, -0.25) is 0 Å². The van der Waals surface area contributed by atoms with Crippen LogP contribution in [0.4, 0.5) is 0 Å². The molecule has 0 spiro atoms. The third kappa shape index (κ3) is 6.44. The van der Waals surface area contributed by atoms with Gasteiger partial charge in [-0.05, 0) is 19.9 Å². The summed E-state index contributed by atoms with van der Waals surface area (Å²) >= 11 is 1.58. The van der Waals surface area contributed by atoms with Crippen LogP contribution in [-0.2, 0) is 16.4 Å². The summed E-state index contributed by atoms with van der Waals surface area (Å²) in [7, 11) is -3.16. The largest absolute Gasteiger partial charge is 0.316 e. The predicted molar refractivity (Wildman–Crippen MR) is 75.5 cm³/mol. The Labute approximate surface area is 113 Å². The summed E-state index contributed by atoms with van der Waals surface area (Å²) in [6.07, 6.45) is 1.66. The highest BCUT2D eigenvalue weighted by molar-refractivity contribution is 7.89. The molecule has 104 valence electrons. The van der Waals surface area contributed by atoms with E-state index in [1.54, 1.807) is 11.3 Å². The van der Waals surface area contributed by atoms with Gasteiger partial charge in [-0.15, -0.1) is 11.3 Å². The zero-order valence-electron chi connectivity index (χ0n) is 10.9. The molecule has 0 fully saturated rings. The van der Waals surface area contributed by atoms with Crippen molar-refractivity contribution >= 4 is 21.4 Å².